The lowest BCUT2D eigenvalue weighted by Crippen LogP contribution is -2.35. The third-order valence-corrected chi connectivity index (χ3v) is 8.82. The molecule has 1 aliphatic carbocycles. The van der Waals surface area contributed by atoms with E-state index in [1.807, 2.05) is 18.2 Å². The van der Waals surface area contributed by atoms with E-state index in [0.717, 1.165) is 12.0 Å². The van der Waals surface area contributed by atoms with Crippen molar-refractivity contribution in [1.29, 1.82) is 0 Å². The van der Waals surface area contributed by atoms with Gasteiger partial charge in [-0.15, -0.1) is 0 Å². The van der Waals surface area contributed by atoms with Crippen molar-refractivity contribution in [3.8, 4) is 0 Å². The van der Waals surface area contributed by atoms with E-state index in [9.17, 15) is 5.11 Å². The first kappa shape index (κ1) is 14.5. The summed E-state index contributed by atoms with van der Waals surface area (Å²) in [4.78, 5) is 0. The molecule has 0 aromatic heterocycles. The minimum Gasteiger partial charge on any atom is -0.388 e. The Labute approximate surface area is 128 Å². The van der Waals surface area contributed by atoms with Crippen molar-refractivity contribution in [3.63, 3.8) is 0 Å². The molecule has 1 saturated carbocycles. The molecule has 2 aromatic carbocycles. The summed E-state index contributed by atoms with van der Waals surface area (Å²) in [6, 6.07) is 20.9. The molecule has 21 heavy (non-hydrogen) atoms. The van der Waals surface area contributed by atoms with Gasteiger partial charge in [0, 0.05) is 5.04 Å². The van der Waals surface area contributed by atoms with Crippen LogP contribution < -0.4 is 0 Å². The van der Waals surface area contributed by atoms with E-state index in [-0.39, 0.29) is 11.1 Å². The summed E-state index contributed by atoms with van der Waals surface area (Å²) in [6.45, 7) is 7.17. The highest BCUT2D eigenvalue weighted by Gasteiger charge is 2.66. The second-order valence-electron chi connectivity index (χ2n) is 7.27. The average Bonchev–Trinajstić information content (AvgIpc) is 3.25. The summed E-state index contributed by atoms with van der Waals surface area (Å²) in [5.41, 5.74) is 2.45. The molecule has 0 aliphatic heterocycles. The van der Waals surface area contributed by atoms with Gasteiger partial charge in [-0.2, -0.15) is 0 Å². The molecular weight excluding hydrogens is 272 g/mol. The number of rotatable bonds is 4. The zero-order chi connectivity index (χ0) is 15.1. The Hall–Kier alpha value is -1.38. The highest BCUT2D eigenvalue weighted by molar-refractivity contribution is 6.80. The van der Waals surface area contributed by atoms with E-state index in [1.165, 1.54) is 5.56 Å². The predicted molar refractivity (Wildman–Crippen MR) is 91.2 cm³/mol. The van der Waals surface area contributed by atoms with Gasteiger partial charge < -0.3 is 5.11 Å². The highest BCUT2D eigenvalue weighted by Crippen LogP contribution is 2.76. The van der Waals surface area contributed by atoms with Gasteiger partial charge in [0.2, 0.25) is 0 Å². The summed E-state index contributed by atoms with van der Waals surface area (Å²) >= 11 is 0. The number of benzene rings is 2. The molecule has 0 saturated heterocycles. The van der Waals surface area contributed by atoms with Gasteiger partial charge in [-0.3, -0.25) is 0 Å². The van der Waals surface area contributed by atoms with Crippen LogP contribution in [0.2, 0.25) is 24.7 Å². The molecule has 3 atom stereocenters. The summed E-state index contributed by atoms with van der Waals surface area (Å²) in [5.74, 6) is 0.501. The molecule has 1 nitrogen and oxygen atoms in total. The van der Waals surface area contributed by atoms with Crippen LogP contribution in [0, 0.1) is 0 Å². The zero-order valence-corrected chi connectivity index (χ0v) is 14.1. The predicted octanol–water partition coefficient (Wildman–Crippen LogP) is 4.99. The quantitative estimate of drug-likeness (QED) is 0.788. The number of aliphatic hydroxyl groups is 1. The first-order valence-corrected chi connectivity index (χ1v) is 11.2. The molecule has 1 unspecified atom stereocenters. The summed E-state index contributed by atoms with van der Waals surface area (Å²) in [5, 5.41) is 11.2. The van der Waals surface area contributed by atoms with Gasteiger partial charge in [-0.1, -0.05) is 80.3 Å². The first-order chi connectivity index (χ1) is 9.97. The van der Waals surface area contributed by atoms with Crippen molar-refractivity contribution in [2.45, 2.75) is 43.1 Å². The van der Waals surface area contributed by atoms with Gasteiger partial charge in [0.15, 0.2) is 0 Å². The van der Waals surface area contributed by atoms with Gasteiger partial charge in [-0.25, -0.2) is 0 Å². The Balaban J connectivity index is 1.98. The monoisotopic (exact) mass is 296 g/mol. The average molecular weight is 296 g/mol. The molecule has 0 spiro atoms. The molecule has 0 bridgehead atoms. The highest BCUT2D eigenvalue weighted by atomic mass is 28.3. The molecule has 110 valence electrons. The van der Waals surface area contributed by atoms with Crippen LogP contribution >= 0.6 is 0 Å². The molecule has 1 N–H and O–H groups in total. The Kier molecular flexibility index (Phi) is 3.54. The van der Waals surface area contributed by atoms with Crippen LogP contribution in [-0.2, 0) is 0 Å². The fourth-order valence-corrected chi connectivity index (χ4v) is 6.87. The Morgan fingerprint density at radius 3 is 2.00 bits per heavy atom. The van der Waals surface area contributed by atoms with Crippen LogP contribution in [-0.4, -0.2) is 13.2 Å². The maximum absolute atomic E-state index is 11.1. The van der Waals surface area contributed by atoms with Crippen molar-refractivity contribution in [2.75, 3.05) is 0 Å². The smallest absolute Gasteiger partial charge is 0.0828 e. The largest absolute Gasteiger partial charge is 0.388 e. The lowest BCUT2D eigenvalue weighted by molar-refractivity contribution is 0.154. The number of hydrogen-bond acceptors (Lipinski definition) is 1. The Morgan fingerprint density at radius 1 is 0.952 bits per heavy atom. The fraction of sp³-hybridized carbons (Fsp3) is 0.368. The first-order valence-electron chi connectivity index (χ1n) is 7.75. The number of aliphatic hydroxyl groups excluding tert-OH is 1. The van der Waals surface area contributed by atoms with E-state index < -0.39 is 8.07 Å². The van der Waals surface area contributed by atoms with Crippen molar-refractivity contribution in [1.82, 2.24) is 0 Å². The minimum absolute atomic E-state index is 0.0652. The topological polar surface area (TPSA) is 20.2 Å². The standard InChI is InChI=1S/C19H24OSi/c1-21(2,3)19(18(20)16-12-8-5-9-13-16)14-17(19)15-10-6-4-7-11-15/h4-13,17-18,20H,14H2,1-3H3/t17-,18?,19+/m0/s1. The van der Waals surface area contributed by atoms with Crippen LogP contribution in [0.4, 0.5) is 0 Å². The van der Waals surface area contributed by atoms with Crippen LogP contribution in [0.1, 0.15) is 29.6 Å². The lowest BCUT2D eigenvalue weighted by Gasteiger charge is -2.35. The number of hydrogen-bond donors (Lipinski definition) is 1. The zero-order valence-electron chi connectivity index (χ0n) is 13.1. The van der Waals surface area contributed by atoms with E-state index in [4.69, 9.17) is 0 Å². The molecule has 0 amide bonds. The van der Waals surface area contributed by atoms with Crippen molar-refractivity contribution in [2.24, 2.45) is 0 Å². The van der Waals surface area contributed by atoms with Gasteiger partial charge >= 0.3 is 0 Å². The maximum atomic E-state index is 11.1. The van der Waals surface area contributed by atoms with Gasteiger partial charge in [0.1, 0.15) is 0 Å². The second-order valence-corrected chi connectivity index (χ2v) is 12.7. The molecule has 2 heteroatoms. The molecule has 3 rings (SSSR count). The molecule has 1 aliphatic rings. The summed E-state index contributed by atoms with van der Waals surface area (Å²) in [7, 11) is -1.52. The summed E-state index contributed by atoms with van der Waals surface area (Å²) in [6.07, 6.45) is 0.763. The SMILES string of the molecule is C[Si](C)(C)[C@]1(C(O)c2ccccc2)C[C@H]1c1ccccc1. The van der Waals surface area contributed by atoms with Crippen molar-refractivity contribution in [3.05, 3.63) is 71.8 Å². The van der Waals surface area contributed by atoms with E-state index in [2.05, 4.69) is 62.1 Å². The van der Waals surface area contributed by atoms with Gasteiger partial charge in [0.05, 0.1) is 14.2 Å². The van der Waals surface area contributed by atoms with E-state index in [1.54, 1.807) is 0 Å². The third kappa shape index (κ3) is 2.37. The van der Waals surface area contributed by atoms with E-state index >= 15 is 0 Å². The Bertz CT molecular complexity index is 602. The van der Waals surface area contributed by atoms with Crippen molar-refractivity contribution >= 4 is 8.07 Å². The third-order valence-electron chi connectivity index (χ3n) is 5.21. The fourth-order valence-electron chi connectivity index (χ4n) is 3.85. The Morgan fingerprint density at radius 2 is 1.48 bits per heavy atom. The van der Waals surface area contributed by atoms with E-state index in [0.29, 0.717) is 5.92 Å². The maximum Gasteiger partial charge on any atom is 0.0828 e. The van der Waals surface area contributed by atoms with Crippen LogP contribution in [0.15, 0.2) is 60.7 Å². The van der Waals surface area contributed by atoms with Crippen LogP contribution in [0.25, 0.3) is 0 Å². The van der Waals surface area contributed by atoms with Gasteiger partial charge in [-0.05, 0) is 23.5 Å². The van der Waals surface area contributed by atoms with Crippen LogP contribution in [0.5, 0.6) is 0 Å². The molecule has 0 radical (unpaired) electrons. The molecule has 0 heterocycles. The van der Waals surface area contributed by atoms with Gasteiger partial charge in [0.25, 0.3) is 0 Å². The second kappa shape index (κ2) is 5.11. The summed E-state index contributed by atoms with van der Waals surface area (Å²) < 4.78 is 0. The molecule has 2 aromatic rings. The minimum atomic E-state index is -1.52. The van der Waals surface area contributed by atoms with Crippen LogP contribution in [0.3, 0.4) is 0 Å². The normalized spacial score (nSPS) is 26.4. The van der Waals surface area contributed by atoms with Crippen molar-refractivity contribution < 1.29 is 5.11 Å². The molecular formula is C19H24OSi. The lowest BCUT2D eigenvalue weighted by atomic mass is 10.0. The molecule has 1 fully saturated rings.